The topological polar surface area (TPSA) is 49.4 Å². The highest BCUT2D eigenvalue weighted by atomic mass is 19.1. The van der Waals surface area contributed by atoms with Gasteiger partial charge in [0, 0.05) is 26.1 Å². The first-order valence-corrected chi connectivity index (χ1v) is 5.82. The maximum absolute atomic E-state index is 11.8. The quantitative estimate of drug-likeness (QED) is 0.396. The van der Waals surface area contributed by atoms with Crippen molar-refractivity contribution in [3.05, 3.63) is 0 Å². The Morgan fingerprint density at radius 1 is 1.19 bits per heavy atom. The second-order valence-electron chi connectivity index (χ2n) is 3.64. The van der Waals surface area contributed by atoms with E-state index in [4.69, 9.17) is 0 Å². The normalized spacial score (nSPS) is 9.94. The Morgan fingerprint density at radius 3 is 2.31 bits per heavy atom. The van der Waals surface area contributed by atoms with Gasteiger partial charge in [-0.3, -0.25) is 4.79 Å². The highest BCUT2D eigenvalue weighted by molar-refractivity contribution is 5.75. The van der Waals surface area contributed by atoms with Crippen molar-refractivity contribution in [2.24, 2.45) is 0 Å². The summed E-state index contributed by atoms with van der Waals surface area (Å²) in [7, 11) is 0. The summed E-state index contributed by atoms with van der Waals surface area (Å²) in [5.41, 5.74) is 0. The molecule has 2 amide bonds. The van der Waals surface area contributed by atoms with Gasteiger partial charge >= 0.3 is 6.16 Å². The van der Waals surface area contributed by atoms with E-state index >= 15 is 0 Å². The molecule has 0 fully saturated rings. The molecule has 0 aromatic carbocycles. The van der Waals surface area contributed by atoms with E-state index in [9.17, 15) is 14.0 Å². The van der Waals surface area contributed by atoms with Crippen molar-refractivity contribution in [3.63, 3.8) is 0 Å². The van der Waals surface area contributed by atoms with Gasteiger partial charge in [-0.2, -0.15) is 0 Å². The van der Waals surface area contributed by atoms with Crippen LogP contribution in [0.5, 0.6) is 0 Å². The third kappa shape index (κ3) is 7.20. The van der Waals surface area contributed by atoms with Crippen LogP contribution >= 0.6 is 0 Å². The van der Waals surface area contributed by atoms with Gasteiger partial charge in [-0.05, 0) is 12.8 Å². The number of unbranched alkanes of at least 4 members (excludes halogenated alkanes) is 1. The zero-order valence-electron chi connectivity index (χ0n) is 10.1. The highest BCUT2D eigenvalue weighted by Crippen LogP contribution is 2.00. The second-order valence-corrected chi connectivity index (χ2v) is 3.64. The minimum absolute atomic E-state index is 0.111. The van der Waals surface area contributed by atoms with Gasteiger partial charge in [0.05, 0.1) is 0 Å². The van der Waals surface area contributed by atoms with Gasteiger partial charge in [0.25, 0.3) is 0 Å². The van der Waals surface area contributed by atoms with Crippen molar-refractivity contribution < 1.29 is 14.0 Å². The maximum atomic E-state index is 11.8. The van der Waals surface area contributed by atoms with E-state index in [1.807, 2.05) is 6.92 Å². The van der Waals surface area contributed by atoms with Crippen LogP contribution in [0, 0.1) is 0 Å². The molecule has 0 spiro atoms. The lowest BCUT2D eigenvalue weighted by atomic mass is 10.2. The van der Waals surface area contributed by atoms with E-state index in [1.54, 1.807) is 4.90 Å². The monoisotopic (exact) mass is 232 g/mol. The molecule has 0 aliphatic rings. The maximum Gasteiger partial charge on any atom is 0.397 e. The van der Waals surface area contributed by atoms with Gasteiger partial charge in [0.15, 0.2) is 0 Å². The number of hydrogen-bond donors (Lipinski definition) is 1. The predicted octanol–water partition coefficient (Wildman–Crippen LogP) is 2.09. The number of amides is 2. The van der Waals surface area contributed by atoms with Crippen LogP contribution in [0.4, 0.5) is 9.18 Å². The molecular formula is C11H21FN2O2. The number of rotatable bonds is 8. The van der Waals surface area contributed by atoms with Crippen molar-refractivity contribution in [3.8, 4) is 0 Å². The minimum Gasteiger partial charge on any atom is -0.343 e. The number of hydrogen-bond acceptors (Lipinski definition) is 2. The fraction of sp³-hybridized carbons (Fsp3) is 0.818. The molecule has 0 aromatic heterocycles. The molecule has 0 unspecified atom stereocenters. The lowest BCUT2D eigenvalue weighted by Crippen LogP contribution is -2.34. The summed E-state index contributed by atoms with van der Waals surface area (Å²) >= 11 is 0. The van der Waals surface area contributed by atoms with Crippen molar-refractivity contribution in [1.29, 1.82) is 0 Å². The van der Waals surface area contributed by atoms with Gasteiger partial charge in [-0.1, -0.05) is 20.3 Å². The lowest BCUT2D eigenvalue weighted by Gasteiger charge is -2.21. The van der Waals surface area contributed by atoms with Crippen LogP contribution < -0.4 is 5.32 Å². The Balaban J connectivity index is 3.82. The Bertz CT molecular complexity index is 222. The molecule has 0 atom stereocenters. The fourth-order valence-corrected chi connectivity index (χ4v) is 1.39. The van der Waals surface area contributed by atoms with Crippen LogP contribution in [0.25, 0.3) is 0 Å². The molecule has 4 nitrogen and oxygen atoms in total. The molecule has 94 valence electrons. The number of nitrogens with zero attached hydrogens (tertiary/aromatic N) is 1. The van der Waals surface area contributed by atoms with Crippen LogP contribution in [0.15, 0.2) is 0 Å². The summed E-state index contributed by atoms with van der Waals surface area (Å²) in [5, 5.41) is 2.07. The summed E-state index contributed by atoms with van der Waals surface area (Å²) in [6.07, 6.45) is 1.57. The standard InChI is InChI=1S/C11H21FN2O2/c1-3-5-8-14(10(15)4-2)9-6-7-13-11(12)16/h3-9H2,1-2H3,(H,13,16). The van der Waals surface area contributed by atoms with Gasteiger partial charge in [0.2, 0.25) is 5.91 Å². The number of carbonyl (C=O) groups is 2. The molecule has 16 heavy (non-hydrogen) atoms. The van der Waals surface area contributed by atoms with E-state index in [2.05, 4.69) is 12.2 Å². The smallest absolute Gasteiger partial charge is 0.343 e. The molecule has 0 rings (SSSR count). The fourth-order valence-electron chi connectivity index (χ4n) is 1.39. The highest BCUT2D eigenvalue weighted by Gasteiger charge is 2.10. The second kappa shape index (κ2) is 9.12. The number of carbonyl (C=O) groups excluding carboxylic acids is 2. The Labute approximate surface area is 96.2 Å². The number of nitrogens with one attached hydrogen (secondary N) is 1. The largest absolute Gasteiger partial charge is 0.397 e. The van der Waals surface area contributed by atoms with Gasteiger partial charge in [0.1, 0.15) is 0 Å². The zero-order valence-corrected chi connectivity index (χ0v) is 10.1. The summed E-state index contributed by atoms with van der Waals surface area (Å²) < 4.78 is 11.8. The molecule has 0 radical (unpaired) electrons. The average Bonchev–Trinajstić information content (AvgIpc) is 2.26. The summed E-state index contributed by atoms with van der Waals surface area (Å²) in [6.45, 7) is 5.48. The van der Waals surface area contributed by atoms with E-state index in [0.717, 1.165) is 19.4 Å². The molecule has 0 heterocycles. The molecule has 0 aliphatic carbocycles. The Morgan fingerprint density at radius 2 is 1.81 bits per heavy atom. The summed E-state index contributed by atoms with van der Waals surface area (Å²) in [4.78, 5) is 23.3. The molecule has 0 saturated heterocycles. The SMILES string of the molecule is CCCCN(CCCNC(=O)F)C(=O)CC. The first kappa shape index (κ1) is 14.9. The first-order valence-electron chi connectivity index (χ1n) is 5.82. The van der Waals surface area contributed by atoms with Crippen molar-refractivity contribution >= 4 is 12.1 Å². The van der Waals surface area contributed by atoms with Crippen molar-refractivity contribution in [2.75, 3.05) is 19.6 Å². The summed E-state index contributed by atoms with van der Waals surface area (Å²) in [5.74, 6) is 0.111. The molecular weight excluding hydrogens is 211 g/mol. The van der Waals surface area contributed by atoms with E-state index < -0.39 is 6.16 Å². The van der Waals surface area contributed by atoms with Crippen LogP contribution in [-0.2, 0) is 4.79 Å². The van der Waals surface area contributed by atoms with Crippen LogP contribution in [0.3, 0.4) is 0 Å². The van der Waals surface area contributed by atoms with Crippen LogP contribution in [-0.4, -0.2) is 36.6 Å². The van der Waals surface area contributed by atoms with E-state index in [0.29, 0.717) is 19.4 Å². The third-order valence-corrected chi connectivity index (χ3v) is 2.31. The number of halogens is 1. The Hall–Kier alpha value is -1.13. The molecule has 0 aromatic rings. The van der Waals surface area contributed by atoms with Crippen molar-refractivity contribution in [1.82, 2.24) is 10.2 Å². The van der Waals surface area contributed by atoms with E-state index in [1.165, 1.54) is 0 Å². The first-order chi connectivity index (χ1) is 7.61. The molecule has 0 aliphatic heterocycles. The lowest BCUT2D eigenvalue weighted by molar-refractivity contribution is -0.131. The van der Waals surface area contributed by atoms with Gasteiger partial charge < -0.3 is 10.2 Å². The zero-order chi connectivity index (χ0) is 12.4. The minimum atomic E-state index is -1.51. The molecule has 0 bridgehead atoms. The Kier molecular flexibility index (Phi) is 8.48. The molecule has 0 saturated carbocycles. The summed E-state index contributed by atoms with van der Waals surface area (Å²) in [6, 6.07) is 0. The molecule has 1 N–H and O–H groups in total. The van der Waals surface area contributed by atoms with Crippen molar-refractivity contribution in [2.45, 2.75) is 39.5 Å². The average molecular weight is 232 g/mol. The van der Waals surface area contributed by atoms with Crippen LogP contribution in [0.1, 0.15) is 39.5 Å². The predicted molar refractivity (Wildman–Crippen MR) is 60.9 cm³/mol. The third-order valence-electron chi connectivity index (χ3n) is 2.31. The van der Waals surface area contributed by atoms with Crippen LogP contribution in [0.2, 0.25) is 0 Å². The van der Waals surface area contributed by atoms with Gasteiger partial charge in [-0.25, -0.2) is 4.79 Å². The van der Waals surface area contributed by atoms with Gasteiger partial charge in [-0.15, -0.1) is 4.39 Å². The molecule has 5 heteroatoms. The van der Waals surface area contributed by atoms with E-state index in [-0.39, 0.29) is 12.5 Å².